The molecule has 0 aliphatic rings. The largest absolute Gasteiger partial charge is 0.497 e. The smallest absolute Gasteiger partial charge is 0.190 e. The molecule has 120 valence electrons. The molecule has 0 aliphatic carbocycles. The van der Waals surface area contributed by atoms with Gasteiger partial charge in [-0.05, 0) is 42.1 Å². The van der Waals surface area contributed by atoms with Gasteiger partial charge in [0.05, 0.1) is 19.1 Å². The van der Waals surface area contributed by atoms with Crippen molar-refractivity contribution in [2.75, 3.05) is 25.2 Å². The van der Waals surface area contributed by atoms with Crippen LogP contribution in [-0.2, 0) is 0 Å². The molecule has 0 unspecified atom stereocenters. The quantitative estimate of drug-likeness (QED) is 0.398. The topological polar surface area (TPSA) is 70.3 Å². The maximum atomic E-state index is 5.94. The second-order valence-corrected chi connectivity index (χ2v) is 6.71. The van der Waals surface area contributed by atoms with E-state index in [9.17, 15) is 0 Å². The SMILES string of the molecule is COc1ccc(OCCCSc2nc(N)c3ccsc3n2)cc1. The summed E-state index contributed by atoms with van der Waals surface area (Å²) < 4.78 is 10.8. The fraction of sp³-hybridized carbons (Fsp3) is 0.250. The molecule has 0 amide bonds. The highest BCUT2D eigenvalue weighted by Gasteiger charge is 2.06. The van der Waals surface area contributed by atoms with Crippen LogP contribution in [0.25, 0.3) is 10.2 Å². The van der Waals surface area contributed by atoms with Crippen LogP contribution >= 0.6 is 23.1 Å². The zero-order valence-corrected chi connectivity index (χ0v) is 14.3. The van der Waals surface area contributed by atoms with Gasteiger partial charge in [-0.15, -0.1) is 11.3 Å². The van der Waals surface area contributed by atoms with Crippen molar-refractivity contribution >= 4 is 39.1 Å². The first-order valence-corrected chi connectivity index (χ1v) is 9.03. The molecule has 2 heterocycles. The average molecular weight is 347 g/mol. The second-order valence-electron chi connectivity index (χ2n) is 4.76. The van der Waals surface area contributed by atoms with Crippen molar-refractivity contribution in [1.29, 1.82) is 0 Å². The summed E-state index contributed by atoms with van der Waals surface area (Å²) in [6.45, 7) is 0.649. The predicted molar refractivity (Wildman–Crippen MR) is 95.7 cm³/mol. The fourth-order valence-electron chi connectivity index (χ4n) is 2.01. The van der Waals surface area contributed by atoms with Crippen LogP contribution in [0.15, 0.2) is 40.9 Å². The molecule has 0 bridgehead atoms. The Kier molecular flexibility index (Phi) is 5.19. The van der Waals surface area contributed by atoms with Crippen LogP contribution in [0.1, 0.15) is 6.42 Å². The zero-order chi connectivity index (χ0) is 16.1. The lowest BCUT2D eigenvalue weighted by atomic mass is 10.3. The van der Waals surface area contributed by atoms with E-state index < -0.39 is 0 Å². The maximum Gasteiger partial charge on any atom is 0.190 e. The van der Waals surface area contributed by atoms with Gasteiger partial charge in [0.2, 0.25) is 0 Å². The van der Waals surface area contributed by atoms with Crippen molar-refractivity contribution in [3.8, 4) is 11.5 Å². The number of ether oxygens (including phenoxy) is 2. The molecule has 7 heteroatoms. The number of nitrogens with two attached hydrogens (primary N) is 1. The Labute approximate surface area is 142 Å². The molecule has 0 atom stereocenters. The second kappa shape index (κ2) is 7.52. The number of rotatable bonds is 7. The standard InChI is InChI=1S/C16H17N3O2S2/c1-20-11-3-5-12(6-4-11)21-8-2-9-23-16-18-14(17)13-7-10-22-15(13)19-16/h3-7,10H,2,8-9H2,1H3,(H2,17,18,19). The summed E-state index contributed by atoms with van der Waals surface area (Å²) in [4.78, 5) is 9.78. The van der Waals surface area contributed by atoms with Gasteiger partial charge in [0.1, 0.15) is 22.1 Å². The summed E-state index contributed by atoms with van der Waals surface area (Å²) in [5, 5.41) is 3.64. The van der Waals surface area contributed by atoms with E-state index in [0.29, 0.717) is 12.4 Å². The van der Waals surface area contributed by atoms with Crippen molar-refractivity contribution in [2.45, 2.75) is 11.6 Å². The molecule has 0 saturated carbocycles. The van der Waals surface area contributed by atoms with Crippen molar-refractivity contribution in [2.24, 2.45) is 0 Å². The molecule has 2 N–H and O–H groups in total. The van der Waals surface area contributed by atoms with E-state index in [0.717, 1.165) is 39.0 Å². The molecule has 0 saturated heterocycles. The summed E-state index contributed by atoms with van der Waals surface area (Å²) in [5.74, 6) is 3.10. The molecule has 0 fully saturated rings. The first-order valence-electron chi connectivity index (χ1n) is 7.16. The highest BCUT2D eigenvalue weighted by Crippen LogP contribution is 2.26. The minimum Gasteiger partial charge on any atom is -0.497 e. The average Bonchev–Trinajstić information content (AvgIpc) is 3.04. The van der Waals surface area contributed by atoms with Crippen molar-refractivity contribution in [3.05, 3.63) is 35.7 Å². The van der Waals surface area contributed by atoms with Crippen molar-refractivity contribution < 1.29 is 9.47 Å². The number of aromatic nitrogens is 2. The minimum atomic E-state index is 0.549. The molecular formula is C16H17N3O2S2. The Bertz CT molecular complexity index is 775. The van der Waals surface area contributed by atoms with E-state index in [1.807, 2.05) is 35.7 Å². The van der Waals surface area contributed by atoms with Crippen molar-refractivity contribution in [3.63, 3.8) is 0 Å². The summed E-state index contributed by atoms with van der Waals surface area (Å²) in [6, 6.07) is 9.53. The molecule has 1 aromatic carbocycles. The Hall–Kier alpha value is -1.99. The lowest BCUT2D eigenvalue weighted by Crippen LogP contribution is -2.00. The Morgan fingerprint density at radius 2 is 1.91 bits per heavy atom. The maximum absolute atomic E-state index is 5.94. The summed E-state index contributed by atoms with van der Waals surface area (Å²) in [6.07, 6.45) is 0.905. The van der Waals surface area contributed by atoms with Gasteiger partial charge in [-0.3, -0.25) is 0 Å². The first-order chi connectivity index (χ1) is 11.3. The third kappa shape index (κ3) is 4.05. The van der Waals surface area contributed by atoms with Crippen molar-refractivity contribution in [1.82, 2.24) is 9.97 Å². The van der Waals surface area contributed by atoms with Crippen LogP contribution in [-0.4, -0.2) is 29.4 Å². The number of benzene rings is 1. The number of hydrogen-bond donors (Lipinski definition) is 1. The third-order valence-corrected chi connectivity index (χ3v) is 4.92. The monoisotopic (exact) mass is 347 g/mol. The molecule has 3 rings (SSSR count). The van der Waals surface area contributed by atoms with Gasteiger partial charge in [-0.2, -0.15) is 0 Å². The summed E-state index contributed by atoms with van der Waals surface area (Å²) in [5.41, 5.74) is 5.94. The number of fused-ring (bicyclic) bond motifs is 1. The Balaban J connectivity index is 1.45. The van der Waals surface area contributed by atoms with Gasteiger partial charge in [0.15, 0.2) is 5.16 Å². The minimum absolute atomic E-state index is 0.549. The van der Waals surface area contributed by atoms with Crippen LogP contribution in [0.2, 0.25) is 0 Å². The van der Waals surface area contributed by atoms with Gasteiger partial charge in [0, 0.05) is 5.75 Å². The van der Waals surface area contributed by atoms with E-state index >= 15 is 0 Å². The highest BCUT2D eigenvalue weighted by atomic mass is 32.2. The fourth-order valence-corrected chi connectivity index (χ4v) is 3.60. The van der Waals surface area contributed by atoms with Crippen LogP contribution in [0.5, 0.6) is 11.5 Å². The number of anilines is 1. The Morgan fingerprint density at radius 3 is 2.70 bits per heavy atom. The zero-order valence-electron chi connectivity index (χ0n) is 12.7. The molecule has 0 radical (unpaired) electrons. The van der Waals surface area contributed by atoms with E-state index in [4.69, 9.17) is 15.2 Å². The molecule has 0 aliphatic heterocycles. The highest BCUT2D eigenvalue weighted by molar-refractivity contribution is 7.99. The van der Waals surface area contributed by atoms with Gasteiger partial charge >= 0.3 is 0 Å². The number of hydrogen-bond acceptors (Lipinski definition) is 7. The van der Waals surface area contributed by atoms with Gasteiger partial charge in [-0.1, -0.05) is 11.8 Å². The third-order valence-electron chi connectivity index (χ3n) is 3.18. The van der Waals surface area contributed by atoms with Gasteiger partial charge in [0.25, 0.3) is 0 Å². The van der Waals surface area contributed by atoms with Crippen LogP contribution in [0.3, 0.4) is 0 Å². The summed E-state index contributed by atoms with van der Waals surface area (Å²) in [7, 11) is 1.65. The molecule has 3 aromatic rings. The van der Waals surface area contributed by atoms with Crippen LogP contribution in [0, 0.1) is 0 Å². The number of nitrogen functional groups attached to an aromatic ring is 1. The number of thioether (sulfide) groups is 1. The van der Waals surface area contributed by atoms with E-state index in [1.54, 1.807) is 30.2 Å². The van der Waals surface area contributed by atoms with E-state index in [1.165, 1.54) is 0 Å². The lowest BCUT2D eigenvalue weighted by Gasteiger charge is -2.07. The van der Waals surface area contributed by atoms with E-state index in [-0.39, 0.29) is 0 Å². The van der Waals surface area contributed by atoms with E-state index in [2.05, 4.69) is 9.97 Å². The molecule has 2 aromatic heterocycles. The summed E-state index contributed by atoms with van der Waals surface area (Å²) >= 11 is 3.18. The number of methoxy groups -OCH3 is 1. The van der Waals surface area contributed by atoms with Crippen LogP contribution in [0.4, 0.5) is 5.82 Å². The molecule has 5 nitrogen and oxygen atoms in total. The first kappa shape index (κ1) is 15.9. The number of thiophene rings is 1. The lowest BCUT2D eigenvalue weighted by molar-refractivity contribution is 0.318. The predicted octanol–water partition coefficient (Wildman–Crippen LogP) is 3.84. The molecule has 0 spiro atoms. The number of nitrogens with zero attached hydrogens (tertiary/aromatic N) is 2. The molecular weight excluding hydrogens is 330 g/mol. The van der Waals surface area contributed by atoms with Gasteiger partial charge in [-0.25, -0.2) is 9.97 Å². The van der Waals surface area contributed by atoms with Gasteiger partial charge < -0.3 is 15.2 Å². The molecule has 23 heavy (non-hydrogen) atoms. The van der Waals surface area contributed by atoms with Crippen LogP contribution < -0.4 is 15.2 Å². The normalized spacial score (nSPS) is 10.8. The Morgan fingerprint density at radius 1 is 1.13 bits per heavy atom.